The number of rotatable bonds is 4. The van der Waals surface area contributed by atoms with Gasteiger partial charge in [-0.25, -0.2) is 0 Å². The molecule has 4 heteroatoms. The second-order valence-electron chi connectivity index (χ2n) is 6.54. The van der Waals surface area contributed by atoms with Crippen LogP contribution in [0.15, 0.2) is 37.2 Å². The zero-order valence-electron chi connectivity index (χ0n) is 13.2. The van der Waals surface area contributed by atoms with Crippen molar-refractivity contribution >= 4 is 5.91 Å². The van der Waals surface area contributed by atoms with Gasteiger partial charge in [0.1, 0.15) is 0 Å². The quantitative estimate of drug-likeness (QED) is 0.802. The molecule has 1 atom stereocenters. The maximum atomic E-state index is 12.4. The van der Waals surface area contributed by atoms with Crippen molar-refractivity contribution in [1.82, 2.24) is 14.8 Å². The van der Waals surface area contributed by atoms with Crippen molar-refractivity contribution < 1.29 is 4.79 Å². The summed E-state index contributed by atoms with van der Waals surface area (Å²) in [6, 6.07) is 4.16. The number of nitrogens with zero attached hydrogens (tertiary/aromatic N) is 3. The summed E-state index contributed by atoms with van der Waals surface area (Å²) >= 11 is 0. The van der Waals surface area contributed by atoms with Crippen LogP contribution in [0.2, 0.25) is 0 Å². The predicted octanol–water partition coefficient (Wildman–Crippen LogP) is 2.61. The van der Waals surface area contributed by atoms with Crippen LogP contribution in [0.5, 0.6) is 0 Å². The second kappa shape index (κ2) is 6.61. The van der Waals surface area contributed by atoms with Gasteiger partial charge in [0.25, 0.3) is 0 Å². The number of carbonyl (C=O) groups excluding carboxylic acids is 1. The molecule has 0 bridgehead atoms. The number of likely N-dealkylation sites (tertiary alicyclic amines) is 2. The zero-order valence-corrected chi connectivity index (χ0v) is 13.2. The van der Waals surface area contributed by atoms with Crippen molar-refractivity contribution in [1.29, 1.82) is 0 Å². The largest absolute Gasteiger partial charge is 0.332 e. The molecule has 22 heavy (non-hydrogen) atoms. The Labute approximate surface area is 132 Å². The van der Waals surface area contributed by atoms with E-state index < -0.39 is 0 Å². The van der Waals surface area contributed by atoms with E-state index in [9.17, 15) is 4.79 Å². The normalized spacial score (nSPS) is 26.4. The van der Waals surface area contributed by atoms with Gasteiger partial charge in [-0.2, -0.15) is 0 Å². The van der Waals surface area contributed by atoms with Gasteiger partial charge in [-0.05, 0) is 49.9 Å². The van der Waals surface area contributed by atoms with Gasteiger partial charge in [0.2, 0.25) is 5.91 Å². The lowest BCUT2D eigenvalue weighted by molar-refractivity contribution is -0.144. The maximum Gasteiger partial charge on any atom is 0.223 e. The van der Waals surface area contributed by atoms with Crippen molar-refractivity contribution in [2.45, 2.75) is 44.2 Å². The van der Waals surface area contributed by atoms with Gasteiger partial charge in [0, 0.05) is 38.4 Å². The minimum absolute atomic E-state index is 0.0226. The molecular weight excluding hydrogens is 274 g/mol. The minimum atomic E-state index is 0.0226. The van der Waals surface area contributed by atoms with E-state index in [-0.39, 0.29) is 5.54 Å². The van der Waals surface area contributed by atoms with Crippen molar-refractivity contribution in [3.05, 3.63) is 42.7 Å². The standard InChI is InChI=1S/C18H25N3O/c1-2-12-21-17(22)5-3-8-18(21)9-4-13-20(15-18)14-16-6-10-19-11-7-16/h2,6-7,10-11H,1,3-5,8-9,12-15H2. The lowest BCUT2D eigenvalue weighted by Gasteiger charge is -2.52. The van der Waals surface area contributed by atoms with Crippen LogP contribution in [-0.4, -0.2) is 45.9 Å². The smallest absolute Gasteiger partial charge is 0.223 e. The number of hydrogen-bond acceptors (Lipinski definition) is 3. The number of aromatic nitrogens is 1. The third-order valence-electron chi connectivity index (χ3n) is 5.01. The Balaban J connectivity index is 1.75. The Morgan fingerprint density at radius 3 is 2.82 bits per heavy atom. The molecule has 1 unspecified atom stereocenters. The van der Waals surface area contributed by atoms with E-state index in [0.717, 1.165) is 45.3 Å². The third kappa shape index (κ3) is 3.07. The van der Waals surface area contributed by atoms with Crippen LogP contribution >= 0.6 is 0 Å². The third-order valence-corrected chi connectivity index (χ3v) is 5.01. The summed E-state index contributed by atoms with van der Waals surface area (Å²) in [7, 11) is 0. The molecule has 0 saturated carbocycles. The van der Waals surface area contributed by atoms with Crippen molar-refractivity contribution in [3.63, 3.8) is 0 Å². The molecule has 2 aliphatic heterocycles. The molecule has 0 N–H and O–H groups in total. The molecule has 1 aromatic rings. The first kappa shape index (κ1) is 15.2. The van der Waals surface area contributed by atoms with E-state index in [2.05, 4.69) is 33.5 Å². The SMILES string of the molecule is C=CCN1C(=O)CCCC12CCCN(Cc1ccncc1)C2. The first-order valence-corrected chi connectivity index (χ1v) is 8.26. The number of pyridine rings is 1. The topological polar surface area (TPSA) is 36.4 Å². The van der Waals surface area contributed by atoms with E-state index in [1.54, 1.807) is 0 Å². The molecule has 0 radical (unpaired) electrons. The molecule has 3 rings (SSSR count). The second-order valence-corrected chi connectivity index (χ2v) is 6.54. The van der Waals surface area contributed by atoms with E-state index in [1.165, 1.54) is 5.56 Å². The summed E-state index contributed by atoms with van der Waals surface area (Å²) in [6.07, 6.45) is 10.7. The Morgan fingerprint density at radius 2 is 2.05 bits per heavy atom. The lowest BCUT2D eigenvalue weighted by Crippen LogP contribution is -2.62. The minimum Gasteiger partial charge on any atom is -0.332 e. The highest BCUT2D eigenvalue weighted by Gasteiger charge is 2.44. The number of amides is 1. The highest BCUT2D eigenvalue weighted by atomic mass is 16.2. The fourth-order valence-corrected chi connectivity index (χ4v) is 4.04. The average Bonchev–Trinajstić information content (AvgIpc) is 2.53. The van der Waals surface area contributed by atoms with E-state index in [0.29, 0.717) is 18.9 Å². The lowest BCUT2D eigenvalue weighted by atomic mass is 9.79. The van der Waals surface area contributed by atoms with Crippen LogP contribution in [-0.2, 0) is 11.3 Å². The number of hydrogen-bond donors (Lipinski definition) is 0. The number of carbonyl (C=O) groups is 1. The van der Waals surface area contributed by atoms with Gasteiger partial charge in [0.05, 0.1) is 5.54 Å². The van der Waals surface area contributed by atoms with E-state index >= 15 is 0 Å². The van der Waals surface area contributed by atoms with Crippen molar-refractivity contribution in [2.75, 3.05) is 19.6 Å². The van der Waals surface area contributed by atoms with Gasteiger partial charge < -0.3 is 4.90 Å². The van der Waals surface area contributed by atoms with Crippen LogP contribution < -0.4 is 0 Å². The molecule has 2 aliphatic rings. The Kier molecular flexibility index (Phi) is 4.57. The zero-order chi connectivity index (χ0) is 15.4. The van der Waals surface area contributed by atoms with E-state index in [1.807, 2.05) is 18.5 Å². The van der Waals surface area contributed by atoms with Crippen molar-refractivity contribution in [2.24, 2.45) is 0 Å². The van der Waals surface area contributed by atoms with Gasteiger partial charge >= 0.3 is 0 Å². The fraction of sp³-hybridized carbons (Fsp3) is 0.556. The molecule has 118 valence electrons. The van der Waals surface area contributed by atoms with E-state index in [4.69, 9.17) is 0 Å². The van der Waals surface area contributed by atoms with Gasteiger partial charge in [-0.3, -0.25) is 14.7 Å². The molecular formula is C18H25N3O. The van der Waals surface area contributed by atoms with Gasteiger partial charge in [-0.15, -0.1) is 6.58 Å². The predicted molar refractivity (Wildman–Crippen MR) is 87.2 cm³/mol. The highest BCUT2D eigenvalue weighted by molar-refractivity contribution is 5.78. The summed E-state index contributed by atoms with van der Waals surface area (Å²) in [6.45, 7) is 7.56. The van der Waals surface area contributed by atoms with Crippen LogP contribution in [0, 0.1) is 0 Å². The average molecular weight is 299 g/mol. The van der Waals surface area contributed by atoms with Crippen molar-refractivity contribution in [3.8, 4) is 0 Å². The molecule has 2 saturated heterocycles. The molecule has 1 amide bonds. The van der Waals surface area contributed by atoms with Crippen LogP contribution in [0.25, 0.3) is 0 Å². The Bertz CT molecular complexity index is 526. The summed E-state index contributed by atoms with van der Waals surface area (Å²) in [5.74, 6) is 0.303. The van der Waals surface area contributed by atoms with Gasteiger partial charge in [-0.1, -0.05) is 6.08 Å². The molecule has 0 aromatic carbocycles. The molecule has 1 spiro atoms. The first-order valence-electron chi connectivity index (χ1n) is 8.26. The van der Waals surface area contributed by atoms with Crippen LogP contribution in [0.3, 0.4) is 0 Å². The monoisotopic (exact) mass is 299 g/mol. The first-order chi connectivity index (χ1) is 10.7. The molecule has 4 nitrogen and oxygen atoms in total. The maximum absolute atomic E-state index is 12.4. The summed E-state index contributed by atoms with van der Waals surface area (Å²) in [5.41, 5.74) is 1.32. The van der Waals surface area contributed by atoms with Gasteiger partial charge in [0.15, 0.2) is 0 Å². The summed E-state index contributed by atoms with van der Waals surface area (Å²) < 4.78 is 0. The van der Waals surface area contributed by atoms with Crippen LogP contribution in [0.1, 0.15) is 37.7 Å². The number of piperidine rings is 2. The van der Waals surface area contributed by atoms with Crippen LogP contribution in [0.4, 0.5) is 0 Å². The molecule has 1 aromatic heterocycles. The molecule has 2 fully saturated rings. The fourth-order valence-electron chi connectivity index (χ4n) is 4.04. The molecule has 3 heterocycles. The summed E-state index contributed by atoms with van der Waals surface area (Å²) in [4.78, 5) is 21.1. The Morgan fingerprint density at radius 1 is 1.27 bits per heavy atom. The highest BCUT2D eigenvalue weighted by Crippen LogP contribution is 2.37. The Hall–Kier alpha value is -1.68. The molecule has 0 aliphatic carbocycles. The summed E-state index contributed by atoms with van der Waals surface area (Å²) in [5, 5.41) is 0.